The van der Waals surface area contributed by atoms with Crippen molar-refractivity contribution in [3.63, 3.8) is 0 Å². The van der Waals surface area contributed by atoms with E-state index in [1.807, 2.05) is 18.2 Å². The molecule has 1 heterocycles. The van der Waals surface area contributed by atoms with E-state index in [0.29, 0.717) is 23.8 Å². The molecule has 0 radical (unpaired) electrons. The van der Waals surface area contributed by atoms with Crippen molar-refractivity contribution >= 4 is 21.6 Å². The van der Waals surface area contributed by atoms with Crippen LogP contribution in [0.15, 0.2) is 65.8 Å². The summed E-state index contributed by atoms with van der Waals surface area (Å²) in [5, 5.41) is 2.78. The standard InChI is InChI=1S/C26H29N3O5S/c1-33-24-11-9-22(16-25(24)34-18-19-5-4-13-27-17-19)29-26(30)12-14-28-35(31,32)23-10-8-20-6-2-3-7-21(20)15-23/h4-5,8-11,13,15-17,28H,2-3,6-7,12,14,18H2,1H3,(H,29,30). The number of fused-ring (bicyclic) bond motifs is 1. The number of aromatic nitrogens is 1. The maximum absolute atomic E-state index is 12.7. The third-order valence-electron chi connectivity index (χ3n) is 5.84. The lowest BCUT2D eigenvalue weighted by atomic mass is 9.92. The second-order valence-electron chi connectivity index (χ2n) is 8.35. The summed E-state index contributed by atoms with van der Waals surface area (Å²) in [6, 6.07) is 14.1. The predicted octanol–water partition coefficient (Wildman–Crippen LogP) is 3.86. The molecule has 1 aliphatic carbocycles. The Morgan fingerprint density at radius 2 is 1.86 bits per heavy atom. The molecular formula is C26H29N3O5S. The lowest BCUT2D eigenvalue weighted by molar-refractivity contribution is -0.116. The molecule has 2 N–H and O–H groups in total. The van der Waals surface area contributed by atoms with Crippen molar-refractivity contribution in [3.8, 4) is 11.5 Å². The molecule has 0 spiro atoms. The minimum atomic E-state index is -3.68. The number of pyridine rings is 1. The molecule has 0 atom stereocenters. The number of carbonyl (C=O) groups is 1. The van der Waals surface area contributed by atoms with Crippen molar-refractivity contribution in [1.82, 2.24) is 9.71 Å². The maximum Gasteiger partial charge on any atom is 0.240 e. The second-order valence-corrected chi connectivity index (χ2v) is 10.1. The van der Waals surface area contributed by atoms with E-state index in [0.717, 1.165) is 36.8 Å². The number of benzene rings is 2. The van der Waals surface area contributed by atoms with Crippen LogP contribution in [0.4, 0.5) is 5.69 Å². The van der Waals surface area contributed by atoms with Crippen LogP contribution >= 0.6 is 0 Å². The van der Waals surface area contributed by atoms with Gasteiger partial charge in [0, 0.05) is 42.7 Å². The number of ether oxygens (including phenoxy) is 2. The Morgan fingerprint density at radius 3 is 2.63 bits per heavy atom. The van der Waals surface area contributed by atoms with Crippen LogP contribution in [0.1, 0.15) is 36.0 Å². The Balaban J connectivity index is 1.32. The first-order valence-electron chi connectivity index (χ1n) is 11.6. The molecule has 8 nitrogen and oxygen atoms in total. The number of amides is 1. The van der Waals surface area contributed by atoms with Crippen LogP contribution < -0.4 is 19.5 Å². The van der Waals surface area contributed by atoms with Gasteiger partial charge >= 0.3 is 0 Å². The van der Waals surface area contributed by atoms with Gasteiger partial charge < -0.3 is 14.8 Å². The van der Waals surface area contributed by atoms with Gasteiger partial charge in [-0.25, -0.2) is 13.1 Å². The van der Waals surface area contributed by atoms with Crippen LogP contribution in [-0.4, -0.2) is 33.0 Å². The highest BCUT2D eigenvalue weighted by atomic mass is 32.2. The van der Waals surface area contributed by atoms with Crippen molar-refractivity contribution in [2.24, 2.45) is 0 Å². The summed E-state index contributed by atoms with van der Waals surface area (Å²) < 4.78 is 39.1. The van der Waals surface area contributed by atoms with E-state index in [9.17, 15) is 13.2 Å². The lowest BCUT2D eigenvalue weighted by Crippen LogP contribution is -2.28. The Kier molecular flexibility index (Phi) is 7.99. The summed E-state index contributed by atoms with van der Waals surface area (Å²) in [4.78, 5) is 16.7. The zero-order chi connectivity index (χ0) is 24.7. The highest BCUT2D eigenvalue weighted by Gasteiger charge is 2.18. The Labute approximate surface area is 205 Å². The number of hydrogen-bond acceptors (Lipinski definition) is 6. The topological polar surface area (TPSA) is 107 Å². The van der Waals surface area contributed by atoms with E-state index in [4.69, 9.17) is 9.47 Å². The van der Waals surface area contributed by atoms with Crippen LogP contribution in [0.3, 0.4) is 0 Å². The molecule has 0 saturated heterocycles. The first-order chi connectivity index (χ1) is 16.9. The van der Waals surface area contributed by atoms with Crippen molar-refractivity contribution in [1.29, 1.82) is 0 Å². The van der Waals surface area contributed by atoms with Crippen molar-refractivity contribution in [2.45, 2.75) is 43.6 Å². The van der Waals surface area contributed by atoms with Gasteiger partial charge in [0.1, 0.15) is 6.61 Å². The largest absolute Gasteiger partial charge is 0.493 e. The number of rotatable bonds is 10. The van der Waals surface area contributed by atoms with Gasteiger partial charge in [-0.15, -0.1) is 0 Å². The summed E-state index contributed by atoms with van der Waals surface area (Å²) in [7, 11) is -2.14. The molecule has 9 heteroatoms. The predicted molar refractivity (Wildman–Crippen MR) is 133 cm³/mol. The molecule has 0 unspecified atom stereocenters. The molecule has 3 aromatic rings. The number of nitrogens with one attached hydrogen (secondary N) is 2. The number of nitrogens with zero attached hydrogens (tertiary/aromatic N) is 1. The molecule has 4 rings (SSSR count). The normalized spacial score (nSPS) is 13.1. The van der Waals surface area contributed by atoms with Gasteiger partial charge in [0.05, 0.1) is 12.0 Å². The molecule has 0 bridgehead atoms. The van der Waals surface area contributed by atoms with Crippen LogP contribution in [0.2, 0.25) is 0 Å². The zero-order valence-corrected chi connectivity index (χ0v) is 20.4. The van der Waals surface area contributed by atoms with E-state index in [-0.39, 0.29) is 23.8 Å². The minimum absolute atomic E-state index is 0.00816. The minimum Gasteiger partial charge on any atom is -0.493 e. The average Bonchev–Trinajstić information content (AvgIpc) is 2.87. The summed E-state index contributed by atoms with van der Waals surface area (Å²) in [6.45, 7) is 0.290. The fourth-order valence-corrected chi connectivity index (χ4v) is 5.08. The van der Waals surface area contributed by atoms with E-state index in [2.05, 4.69) is 15.0 Å². The van der Waals surface area contributed by atoms with Gasteiger partial charge in [-0.2, -0.15) is 0 Å². The number of anilines is 1. The Hall–Kier alpha value is -3.43. The summed E-state index contributed by atoms with van der Waals surface area (Å²) in [6.07, 6.45) is 7.49. The zero-order valence-electron chi connectivity index (χ0n) is 19.6. The summed E-state index contributed by atoms with van der Waals surface area (Å²) in [5.41, 5.74) is 3.74. The molecule has 0 fully saturated rings. The number of carbonyl (C=O) groups excluding carboxylic acids is 1. The molecule has 0 saturated carbocycles. The molecule has 0 aliphatic heterocycles. The molecule has 1 aliphatic rings. The highest BCUT2D eigenvalue weighted by molar-refractivity contribution is 7.89. The number of methoxy groups -OCH3 is 1. The van der Waals surface area contributed by atoms with Gasteiger partial charge in [0.15, 0.2) is 11.5 Å². The number of sulfonamides is 1. The molecule has 184 valence electrons. The van der Waals surface area contributed by atoms with Gasteiger partial charge in [0.2, 0.25) is 15.9 Å². The van der Waals surface area contributed by atoms with Crippen molar-refractivity contribution < 1.29 is 22.7 Å². The van der Waals surface area contributed by atoms with Gasteiger partial charge in [-0.05, 0) is 67.1 Å². The first kappa shape index (κ1) is 24.7. The van der Waals surface area contributed by atoms with Crippen LogP contribution in [0.5, 0.6) is 11.5 Å². The molecule has 35 heavy (non-hydrogen) atoms. The highest BCUT2D eigenvalue weighted by Crippen LogP contribution is 2.31. The van der Waals surface area contributed by atoms with Gasteiger partial charge in [0.25, 0.3) is 0 Å². The lowest BCUT2D eigenvalue weighted by Gasteiger charge is -2.16. The third-order valence-corrected chi connectivity index (χ3v) is 7.30. The van der Waals surface area contributed by atoms with Gasteiger partial charge in [-0.3, -0.25) is 9.78 Å². The van der Waals surface area contributed by atoms with Gasteiger partial charge in [-0.1, -0.05) is 12.1 Å². The molecule has 1 amide bonds. The first-order valence-corrected chi connectivity index (χ1v) is 13.0. The summed E-state index contributed by atoms with van der Waals surface area (Å²) >= 11 is 0. The Bertz CT molecular complexity index is 1280. The van der Waals surface area contributed by atoms with Crippen LogP contribution in [0.25, 0.3) is 0 Å². The fourth-order valence-electron chi connectivity index (χ4n) is 3.99. The molecule has 2 aromatic carbocycles. The SMILES string of the molecule is COc1ccc(NC(=O)CCNS(=O)(=O)c2ccc3c(c2)CCCC3)cc1OCc1cccnc1. The molecule has 1 aromatic heterocycles. The monoisotopic (exact) mass is 495 g/mol. The summed E-state index contributed by atoms with van der Waals surface area (Å²) in [5.74, 6) is 0.688. The van der Waals surface area contributed by atoms with E-state index in [1.165, 1.54) is 5.56 Å². The number of hydrogen-bond donors (Lipinski definition) is 2. The van der Waals surface area contributed by atoms with Crippen LogP contribution in [0, 0.1) is 0 Å². The van der Waals surface area contributed by atoms with E-state index >= 15 is 0 Å². The fraction of sp³-hybridized carbons (Fsp3) is 0.308. The maximum atomic E-state index is 12.7. The van der Waals surface area contributed by atoms with E-state index in [1.54, 1.807) is 49.8 Å². The molecular weight excluding hydrogens is 466 g/mol. The third kappa shape index (κ3) is 6.58. The van der Waals surface area contributed by atoms with Crippen molar-refractivity contribution in [2.75, 3.05) is 19.0 Å². The Morgan fingerprint density at radius 1 is 1.03 bits per heavy atom. The second kappa shape index (κ2) is 11.3. The van der Waals surface area contributed by atoms with Crippen LogP contribution in [-0.2, 0) is 34.3 Å². The average molecular weight is 496 g/mol. The smallest absolute Gasteiger partial charge is 0.240 e. The number of aryl methyl sites for hydroxylation is 2. The van der Waals surface area contributed by atoms with Crippen molar-refractivity contribution in [3.05, 3.63) is 77.6 Å². The quantitative estimate of drug-likeness (QED) is 0.442. The van der Waals surface area contributed by atoms with E-state index < -0.39 is 10.0 Å².